The Bertz CT molecular complexity index is 651. The lowest BCUT2D eigenvalue weighted by Crippen LogP contribution is -2.35. The molecule has 0 fully saturated rings. The number of aliphatic hydroxyl groups is 2. The summed E-state index contributed by atoms with van der Waals surface area (Å²) < 4.78 is 5.00. The minimum absolute atomic E-state index is 0.0139. The number of nitrogens with zero attached hydrogens (tertiary/aromatic N) is 1. The smallest absolute Gasteiger partial charge is 0.407 e. The summed E-state index contributed by atoms with van der Waals surface area (Å²) in [4.78, 5) is 35.2. The van der Waals surface area contributed by atoms with E-state index in [1.54, 1.807) is 20.8 Å². The molecule has 0 aliphatic rings. The molecule has 2 atom stereocenters. The van der Waals surface area contributed by atoms with E-state index in [9.17, 15) is 29.9 Å². The number of nitro groups is 1. The number of ether oxygens (including phenoxy) is 1. The van der Waals surface area contributed by atoms with Gasteiger partial charge in [0.15, 0.2) is 0 Å². The molecule has 0 radical (unpaired) electrons. The van der Waals surface area contributed by atoms with E-state index in [1.807, 2.05) is 0 Å². The number of nitrogens with one attached hydrogen (secondary N) is 2. The first-order valence-electron chi connectivity index (χ1n) is 7.21. The van der Waals surface area contributed by atoms with Crippen molar-refractivity contribution < 1.29 is 24.7 Å². The molecule has 0 saturated carbocycles. The fourth-order valence-electron chi connectivity index (χ4n) is 1.82. The largest absolute Gasteiger partial charge is 0.444 e. The van der Waals surface area contributed by atoms with Crippen LogP contribution >= 0.6 is 0 Å². The number of carbonyl (C=O) groups is 1. The first-order chi connectivity index (χ1) is 11.0. The number of H-pyrrole nitrogens is 1. The van der Waals surface area contributed by atoms with Crippen molar-refractivity contribution in [1.29, 1.82) is 0 Å². The third kappa shape index (κ3) is 5.97. The van der Waals surface area contributed by atoms with Crippen LogP contribution in [0.5, 0.6) is 0 Å². The molecule has 2 unspecified atom stereocenters. The Balaban J connectivity index is 2.64. The molecule has 0 aliphatic carbocycles. The van der Waals surface area contributed by atoms with Gasteiger partial charge in [0.2, 0.25) is 0 Å². The molecular weight excluding hydrogens is 322 g/mol. The highest BCUT2D eigenvalue weighted by atomic mass is 16.6. The number of hydrogen-bond acceptors (Lipinski definition) is 7. The second-order valence-corrected chi connectivity index (χ2v) is 6.13. The monoisotopic (exact) mass is 343 g/mol. The van der Waals surface area contributed by atoms with Gasteiger partial charge in [0.05, 0.1) is 22.8 Å². The zero-order valence-corrected chi connectivity index (χ0v) is 13.6. The van der Waals surface area contributed by atoms with E-state index in [0.717, 1.165) is 12.3 Å². The van der Waals surface area contributed by atoms with E-state index in [2.05, 4.69) is 10.3 Å². The second-order valence-electron chi connectivity index (χ2n) is 6.13. The van der Waals surface area contributed by atoms with Crippen LogP contribution in [0.15, 0.2) is 17.1 Å². The Labute approximate surface area is 137 Å². The minimum Gasteiger partial charge on any atom is -0.444 e. The van der Waals surface area contributed by atoms with Gasteiger partial charge in [0.1, 0.15) is 11.7 Å². The molecule has 134 valence electrons. The normalized spacial score (nSPS) is 13.9. The predicted molar refractivity (Wildman–Crippen MR) is 83.5 cm³/mol. The topological polar surface area (TPSA) is 155 Å². The third-order valence-electron chi connectivity index (χ3n) is 2.92. The maximum atomic E-state index is 11.6. The number of amides is 1. The molecule has 24 heavy (non-hydrogen) atoms. The van der Waals surface area contributed by atoms with Crippen LogP contribution in [0.3, 0.4) is 0 Å². The maximum absolute atomic E-state index is 11.6. The van der Waals surface area contributed by atoms with Crippen LogP contribution in [0.1, 0.15) is 38.9 Å². The number of rotatable bonds is 6. The lowest BCUT2D eigenvalue weighted by atomic mass is 10.0. The standard InChI is InChI=1S/C14H21N3O7/c1-14(2,3)24-13(21)15-5-4-10(18)11(19)9-6-8(17(22)23)7-16-12(9)20/h6-7,10-11,18-19H,4-5H2,1-3H3,(H,15,21)(H,16,20). The molecule has 1 rings (SSSR count). The van der Waals surface area contributed by atoms with Crippen LogP contribution in [0.25, 0.3) is 0 Å². The lowest BCUT2D eigenvalue weighted by Gasteiger charge is -2.21. The van der Waals surface area contributed by atoms with E-state index in [-0.39, 0.29) is 18.5 Å². The summed E-state index contributed by atoms with van der Waals surface area (Å²) in [6.45, 7) is 5.07. The first kappa shape index (κ1) is 19.6. The van der Waals surface area contributed by atoms with Gasteiger partial charge in [-0.1, -0.05) is 0 Å². The zero-order valence-electron chi connectivity index (χ0n) is 13.6. The second kappa shape index (κ2) is 7.88. The lowest BCUT2D eigenvalue weighted by molar-refractivity contribution is -0.385. The van der Waals surface area contributed by atoms with Crippen molar-refractivity contribution in [2.45, 2.75) is 45.0 Å². The first-order valence-corrected chi connectivity index (χ1v) is 7.21. The van der Waals surface area contributed by atoms with Gasteiger partial charge < -0.3 is 25.3 Å². The van der Waals surface area contributed by atoms with Crippen molar-refractivity contribution in [3.8, 4) is 0 Å². The van der Waals surface area contributed by atoms with Crippen LogP contribution in [0.2, 0.25) is 0 Å². The van der Waals surface area contributed by atoms with Gasteiger partial charge in [-0.25, -0.2) is 4.79 Å². The van der Waals surface area contributed by atoms with E-state index in [1.165, 1.54) is 0 Å². The van der Waals surface area contributed by atoms with Crippen molar-refractivity contribution in [3.05, 3.63) is 38.3 Å². The van der Waals surface area contributed by atoms with Crippen molar-refractivity contribution in [1.82, 2.24) is 10.3 Å². The van der Waals surface area contributed by atoms with E-state index in [4.69, 9.17) is 4.74 Å². The summed E-state index contributed by atoms with van der Waals surface area (Å²) in [5.74, 6) is 0. The van der Waals surface area contributed by atoms with E-state index < -0.39 is 40.1 Å². The molecular formula is C14H21N3O7. The van der Waals surface area contributed by atoms with Crippen LogP contribution < -0.4 is 10.9 Å². The molecule has 1 aromatic rings. The van der Waals surface area contributed by atoms with Crippen LogP contribution in [0.4, 0.5) is 10.5 Å². The van der Waals surface area contributed by atoms with Crippen molar-refractivity contribution in [2.24, 2.45) is 0 Å². The van der Waals surface area contributed by atoms with Gasteiger partial charge in [-0.3, -0.25) is 14.9 Å². The van der Waals surface area contributed by atoms with Crippen LogP contribution in [0, 0.1) is 10.1 Å². The Kier molecular flexibility index (Phi) is 6.43. The maximum Gasteiger partial charge on any atom is 0.407 e. The molecule has 1 heterocycles. The van der Waals surface area contributed by atoms with E-state index in [0.29, 0.717) is 0 Å². The quantitative estimate of drug-likeness (QED) is 0.435. The fourth-order valence-corrected chi connectivity index (χ4v) is 1.82. The van der Waals surface area contributed by atoms with Crippen LogP contribution in [-0.4, -0.2) is 44.5 Å². The summed E-state index contributed by atoms with van der Waals surface area (Å²) >= 11 is 0. The minimum atomic E-state index is -1.63. The summed E-state index contributed by atoms with van der Waals surface area (Å²) in [5.41, 5.74) is -2.15. The number of alkyl carbamates (subject to hydrolysis) is 1. The molecule has 1 amide bonds. The fraction of sp³-hybridized carbons (Fsp3) is 0.571. The number of aliphatic hydroxyl groups excluding tert-OH is 2. The summed E-state index contributed by atoms with van der Waals surface area (Å²) in [7, 11) is 0. The van der Waals surface area contributed by atoms with Gasteiger partial charge >= 0.3 is 6.09 Å². The number of aromatic nitrogens is 1. The molecule has 4 N–H and O–H groups in total. The Morgan fingerprint density at radius 1 is 1.46 bits per heavy atom. The van der Waals surface area contributed by atoms with E-state index >= 15 is 0 Å². The molecule has 0 bridgehead atoms. The highest BCUT2D eigenvalue weighted by Crippen LogP contribution is 2.19. The molecule has 0 saturated heterocycles. The third-order valence-corrected chi connectivity index (χ3v) is 2.92. The molecule has 0 aromatic carbocycles. The summed E-state index contributed by atoms with van der Waals surface area (Å²) in [6.07, 6.45) is -2.90. The van der Waals surface area contributed by atoms with Crippen molar-refractivity contribution in [2.75, 3.05) is 6.54 Å². The highest BCUT2D eigenvalue weighted by Gasteiger charge is 2.24. The van der Waals surface area contributed by atoms with Crippen LogP contribution in [-0.2, 0) is 4.74 Å². The van der Waals surface area contributed by atoms with Gasteiger partial charge in [-0.15, -0.1) is 0 Å². The molecule has 0 spiro atoms. The highest BCUT2D eigenvalue weighted by molar-refractivity contribution is 5.67. The Morgan fingerprint density at radius 3 is 2.62 bits per heavy atom. The zero-order chi connectivity index (χ0) is 18.5. The number of pyridine rings is 1. The summed E-state index contributed by atoms with van der Waals surface area (Å²) in [5, 5.41) is 33.0. The number of hydrogen-bond donors (Lipinski definition) is 4. The summed E-state index contributed by atoms with van der Waals surface area (Å²) in [6, 6.07) is 0.897. The van der Waals surface area contributed by atoms with Gasteiger partial charge in [-0.2, -0.15) is 0 Å². The number of aromatic amines is 1. The predicted octanol–water partition coefficient (Wildman–Crippen LogP) is 0.592. The SMILES string of the molecule is CC(C)(C)OC(=O)NCCC(O)C(O)c1cc([N+](=O)[O-])c[nH]c1=O. The molecule has 10 heteroatoms. The molecule has 10 nitrogen and oxygen atoms in total. The average Bonchev–Trinajstić information content (AvgIpc) is 2.44. The van der Waals surface area contributed by atoms with Gasteiger partial charge in [-0.05, 0) is 27.2 Å². The Morgan fingerprint density at radius 2 is 2.08 bits per heavy atom. The molecule has 0 aliphatic heterocycles. The van der Waals surface area contributed by atoms with Gasteiger partial charge in [0, 0.05) is 12.6 Å². The van der Waals surface area contributed by atoms with Crippen molar-refractivity contribution >= 4 is 11.8 Å². The van der Waals surface area contributed by atoms with Crippen molar-refractivity contribution in [3.63, 3.8) is 0 Å². The average molecular weight is 343 g/mol. The van der Waals surface area contributed by atoms with Gasteiger partial charge in [0.25, 0.3) is 11.2 Å². The Hall–Kier alpha value is -2.46. The number of carbonyl (C=O) groups excluding carboxylic acids is 1. The molecule has 1 aromatic heterocycles.